The quantitative estimate of drug-likeness (QED) is 0.634. The molecule has 0 bridgehead atoms. The molecule has 92 valence electrons. The van der Waals surface area contributed by atoms with Crippen LogP contribution >= 0.6 is 15.9 Å². The summed E-state index contributed by atoms with van der Waals surface area (Å²) in [6.07, 6.45) is 1.00. The van der Waals surface area contributed by atoms with Crippen LogP contribution in [0.1, 0.15) is 6.42 Å². The van der Waals surface area contributed by atoms with Crippen molar-refractivity contribution in [1.29, 1.82) is 0 Å². The molecule has 17 heavy (non-hydrogen) atoms. The molecule has 0 aliphatic carbocycles. The van der Waals surface area contributed by atoms with E-state index in [1.165, 1.54) is 12.1 Å². The fraction of sp³-hybridized carbons (Fsp3) is 0.455. The van der Waals surface area contributed by atoms with Crippen molar-refractivity contribution < 1.29 is 14.4 Å². The highest BCUT2D eigenvalue weighted by atomic mass is 79.9. The molecule has 0 N–H and O–H groups in total. The number of hydrogen-bond acceptors (Lipinski definition) is 4. The first-order valence-corrected chi connectivity index (χ1v) is 6.10. The van der Waals surface area contributed by atoms with E-state index in [-0.39, 0.29) is 5.69 Å². The summed E-state index contributed by atoms with van der Waals surface area (Å²) in [4.78, 5) is 10.1. The van der Waals surface area contributed by atoms with Crippen molar-refractivity contribution in [3.63, 3.8) is 0 Å². The number of hydrogen-bond donors (Lipinski definition) is 0. The molecule has 0 radical (unpaired) electrons. The van der Waals surface area contributed by atoms with Crippen LogP contribution in [0.5, 0.6) is 5.75 Å². The average molecular weight is 302 g/mol. The van der Waals surface area contributed by atoms with Gasteiger partial charge in [-0.3, -0.25) is 10.1 Å². The monoisotopic (exact) mass is 301 g/mol. The maximum Gasteiger partial charge on any atom is 0.270 e. The summed E-state index contributed by atoms with van der Waals surface area (Å²) in [6.45, 7) is 2.09. The van der Waals surface area contributed by atoms with Gasteiger partial charge in [0.25, 0.3) is 5.69 Å². The Labute approximate surface area is 107 Å². The number of halogens is 1. The van der Waals surface area contributed by atoms with Crippen molar-refractivity contribution in [2.24, 2.45) is 5.92 Å². The predicted octanol–water partition coefficient (Wildman–Crippen LogP) is 2.77. The smallest absolute Gasteiger partial charge is 0.270 e. The van der Waals surface area contributed by atoms with Crippen LogP contribution in [-0.2, 0) is 4.74 Å². The van der Waals surface area contributed by atoms with Crippen LogP contribution in [0.3, 0.4) is 0 Å². The Bertz CT molecular complexity index is 418. The minimum Gasteiger partial charge on any atom is -0.492 e. The number of nitrogens with zero attached hydrogens (tertiary/aromatic N) is 1. The number of nitro groups is 1. The molecule has 1 aliphatic heterocycles. The van der Waals surface area contributed by atoms with Gasteiger partial charge < -0.3 is 9.47 Å². The van der Waals surface area contributed by atoms with E-state index < -0.39 is 4.92 Å². The van der Waals surface area contributed by atoms with E-state index in [1.807, 2.05) is 0 Å². The van der Waals surface area contributed by atoms with Crippen molar-refractivity contribution in [3.8, 4) is 5.75 Å². The molecule has 6 heteroatoms. The summed E-state index contributed by atoms with van der Waals surface area (Å²) in [5, 5.41) is 10.6. The van der Waals surface area contributed by atoms with Gasteiger partial charge in [-0.05, 0) is 28.4 Å². The van der Waals surface area contributed by atoms with Gasteiger partial charge >= 0.3 is 0 Å². The Morgan fingerprint density at radius 1 is 1.59 bits per heavy atom. The molecule has 0 spiro atoms. The Morgan fingerprint density at radius 3 is 3.00 bits per heavy atom. The van der Waals surface area contributed by atoms with Gasteiger partial charge in [0.2, 0.25) is 0 Å². The van der Waals surface area contributed by atoms with Crippen molar-refractivity contribution >= 4 is 21.6 Å². The summed E-state index contributed by atoms with van der Waals surface area (Å²) in [5.74, 6) is 1.04. The van der Waals surface area contributed by atoms with Crippen LogP contribution in [0, 0.1) is 16.0 Å². The molecule has 1 aliphatic rings. The van der Waals surface area contributed by atoms with Crippen molar-refractivity contribution in [2.45, 2.75) is 6.42 Å². The number of ether oxygens (including phenoxy) is 2. The molecule has 1 aromatic rings. The Morgan fingerprint density at radius 2 is 2.41 bits per heavy atom. The van der Waals surface area contributed by atoms with Gasteiger partial charge in [0.15, 0.2) is 0 Å². The molecule has 0 amide bonds. The standard InChI is InChI=1S/C11H12BrNO4/c12-10-5-9(13(14)15)1-2-11(10)17-7-8-3-4-16-6-8/h1-2,5,8H,3-4,6-7H2. The lowest BCUT2D eigenvalue weighted by atomic mass is 10.1. The van der Waals surface area contributed by atoms with Crippen LogP contribution in [0.15, 0.2) is 22.7 Å². The summed E-state index contributed by atoms with van der Waals surface area (Å²) >= 11 is 3.26. The van der Waals surface area contributed by atoms with E-state index in [2.05, 4.69) is 15.9 Å². The number of non-ortho nitro benzene ring substituents is 1. The Kier molecular flexibility index (Phi) is 3.96. The molecule has 2 rings (SSSR count). The van der Waals surface area contributed by atoms with Crippen LogP contribution in [0.25, 0.3) is 0 Å². The second kappa shape index (κ2) is 5.46. The summed E-state index contributed by atoms with van der Waals surface area (Å²) in [7, 11) is 0. The zero-order valence-corrected chi connectivity index (χ0v) is 10.7. The zero-order chi connectivity index (χ0) is 12.3. The molecule has 1 saturated heterocycles. The highest BCUT2D eigenvalue weighted by Crippen LogP contribution is 2.29. The molecule has 0 aromatic heterocycles. The van der Waals surface area contributed by atoms with Crippen LogP contribution in [0.4, 0.5) is 5.69 Å². The van der Waals surface area contributed by atoms with Gasteiger partial charge in [-0.1, -0.05) is 0 Å². The summed E-state index contributed by atoms with van der Waals surface area (Å²) in [5.41, 5.74) is 0.0495. The molecule has 5 nitrogen and oxygen atoms in total. The molecule has 0 saturated carbocycles. The van der Waals surface area contributed by atoms with E-state index in [0.29, 0.717) is 22.7 Å². The molecular formula is C11H12BrNO4. The van der Waals surface area contributed by atoms with E-state index in [0.717, 1.165) is 19.6 Å². The third-order valence-electron chi connectivity index (χ3n) is 2.62. The largest absolute Gasteiger partial charge is 0.492 e. The first-order valence-electron chi connectivity index (χ1n) is 5.31. The minimum absolute atomic E-state index is 0.0495. The Hall–Kier alpha value is -1.14. The maximum atomic E-state index is 10.6. The third kappa shape index (κ3) is 3.17. The first-order chi connectivity index (χ1) is 8.16. The highest BCUT2D eigenvalue weighted by molar-refractivity contribution is 9.10. The Balaban J connectivity index is 1.98. The molecular weight excluding hydrogens is 290 g/mol. The SMILES string of the molecule is O=[N+]([O-])c1ccc(OCC2CCOC2)c(Br)c1. The highest BCUT2D eigenvalue weighted by Gasteiger charge is 2.17. The lowest BCUT2D eigenvalue weighted by molar-refractivity contribution is -0.385. The van der Waals surface area contributed by atoms with Crippen LogP contribution in [0.2, 0.25) is 0 Å². The summed E-state index contributed by atoms with van der Waals surface area (Å²) in [6, 6.07) is 4.49. The molecule has 1 unspecified atom stereocenters. The van der Waals surface area contributed by atoms with Gasteiger partial charge in [0, 0.05) is 24.7 Å². The van der Waals surface area contributed by atoms with E-state index >= 15 is 0 Å². The number of nitro benzene ring substituents is 1. The number of rotatable bonds is 4. The van der Waals surface area contributed by atoms with E-state index in [9.17, 15) is 10.1 Å². The fourth-order valence-corrected chi connectivity index (χ4v) is 2.12. The van der Waals surface area contributed by atoms with Gasteiger partial charge in [0.1, 0.15) is 5.75 Å². The van der Waals surface area contributed by atoms with Gasteiger partial charge in [-0.2, -0.15) is 0 Å². The number of benzene rings is 1. The molecule has 1 heterocycles. The van der Waals surface area contributed by atoms with Crippen molar-refractivity contribution in [2.75, 3.05) is 19.8 Å². The normalized spacial score (nSPS) is 19.2. The lowest BCUT2D eigenvalue weighted by Gasteiger charge is -2.11. The van der Waals surface area contributed by atoms with Crippen LogP contribution in [-0.4, -0.2) is 24.7 Å². The third-order valence-corrected chi connectivity index (χ3v) is 3.24. The first kappa shape index (κ1) is 12.3. The zero-order valence-electron chi connectivity index (χ0n) is 9.10. The van der Waals surface area contributed by atoms with Gasteiger partial charge in [-0.15, -0.1) is 0 Å². The molecule has 1 atom stereocenters. The average Bonchev–Trinajstić information content (AvgIpc) is 2.80. The predicted molar refractivity (Wildman–Crippen MR) is 65.2 cm³/mol. The summed E-state index contributed by atoms with van der Waals surface area (Å²) < 4.78 is 11.5. The maximum absolute atomic E-state index is 10.6. The van der Waals surface area contributed by atoms with Gasteiger partial charge in [-0.25, -0.2) is 0 Å². The minimum atomic E-state index is -0.431. The van der Waals surface area contributed by atoms with Crippen LogP contribution < -0.4 is 4.74 Å². The lowest BCUT2D eigenvalue weighted by Crippen LogP contribution is -2.11. The van der Waals surface area contributed by atoms with Crippen molar-refractivity contribution in [1.82, 2.24) is 0 Å². The van der Waals surface area contributed by atoms with E-state index in [4.69, 9.17) is 9.47 Å². The van der Waals surface area contributed by atoms with E-state index in [1.54, 1.807) is 6.07 Å². The molecule has 1 aromatic carbocycles. The fourth-order valence-electron chi connectivity index (χ4n) is 1.64. The van der Waals surface area contributed by atoms with Crippen molar-refractivity contribution in [3.05, 3.63) is 32.8 Å². The second-order valence-electron chi connectivity index (χ2n) is 3.91. The van der Waals surface area contributed by atoms with Gasteiger partial charge in [0.05, 0.1) is 22.6 Å². The molecule has 1 fully saturated rings. The topological polar surface area (TPSA) is 61.6 Å². The second-order valence-corrected chi connectivity index (χ2v) is 4.77.